The van der Waals surface area contributed by atoms with Gasteiger partial charge in [-0.05, 0) is 41.7 Å². The Bertz CT molecular complexity index is 565. The molecular formula is C17H19NO. The Kier molecular flexibility index (Phi) is 3.51. The maximum atomic E-state index is 5.18. The highest BCUT2D eigenvalue weighted by molar-refractivity contribution is 5.49. The molecule has 2 heteroatoms. The van der Waals surface area contributed by atoms with Crippen molar-refractivity contribution < 1.29 is 4.74 Å². The van der Waals surface area contributed by atoms with E-state index in [0.717, 1.165) is 0 Å². The van der Waals surface area contributed by atoms with Crippen LogP contribution in [-0.4, -0.2) is 7.11 Å². The first-order valence-electron chi connectivity index (χ1n) is 6.79. The van der Waals surface area contributed by atoms with Crippen LogP contribution in [0.4, 0.5) is 5.69 Å². The van der Waals surface area contributed by atoms with Gasteiger partial charge in [-0.1, -0.05) is 36.4 Å². The number of methoxy groups -OCH3 is 1. The Hall–Kier alpha value is -1.80. The van der Waals surface area contributed by atoms with Gasteiger partial charge >= 0.3 is 0 Å². The van der Waals surface area contributed by atoms with Crippen molar-refractivity contribution in [3.05, 3.63) is 65.2 Å². The number of rotatable bonds is 4. The normalized spacial score (nSPS) is 17.2. The lowest BCUT2D eigenvalue weighted by Crippen LogP contribution is -2.07. The average Bonchev–Trinajstić information content (AvgIpc) is 2.83. The summed E-state index contributed by atoms with van der Waals surface area (Å²) in [5, 5.41) is 3.64. The molecule has 0 spiro atoms. The fourth-order valence-corrected chi connectivity index (χ4v) is 2.83. The summed E-state index contributed by atoms with van der Waals surface area (Å²) in [6, 6.07) is 17.6. The molecule has 0 saturated heterocycles. The SMILES string of the molecule is COCc1cccc(NC2CCc3ccccc32)c1. The molecular weight excluding hydrogens is 234 g/mol. The van der Waals surface area contributed by atoms with E-state index in [9.17, 15) is 0 Å². The molecule has 0 radical (unpaired) electrons. The Labute approximate surface area is 114 Å². The summed E-state index contributed by atoms with van der Waals surface area (Å²) >= 11 is 0. The molecule has 0 aromatic heterocycles. The molecule has 1 atom stereocenters. The third-order valence-electron chi connectivity index (χ3n) is 3.71. The largest absolute Gasteiger partial charge is 0.380 e. The van der Waals surface area contributed by atoms with Gasteiger partial charge in [-0.3, -0.25) is 0 Å². The van der Waals surface area contributed by atoms with Crippen molar-refractivity contribution in [2.45, 2.75) is 25.5 Å². The zero-order valence-corrected chi connectivity index (χ0v) is 11.2. The van der Waals surface area contributed by atoms with Crippen LogP contribution in [0.25, 0.3) is 0 Å². The second kappa shape index (κ2) is 5.45. The highest BCUT2D eigenvalue weighted by atomic mass is 16.5. The predicted octanol–water partition coefficient (Wildman–Crippen LogP) is 3.93. The zero-order chi connectivity index (χ0) is 13.1. The van der Waals surface area contributed by atoms with Crippen LogP contribution in [0.5, 0.6) is 0 Å². The molecule has 19 heavy (non-hydrogen) atoms. The second-order valence-electron chi connectivity index (χ2n) is 5.07. The van der Waals surface area contributed by atoms with E-state index in [0.29, 0.717) is 12.6 Å². The predicted molar refractivity (Wildman–Crippen MR) is 78.3 cm³/mol. The number of anilines is 1. The van der Waals surface area contributed by atoms with Crippen LogP contribution in [0.1, 0.15) is 29.2 Å². The summed E-state index contributed by atoms with van der Waals surface area (Å²) in [5.41, 5.74) is 5.31. The number of nitrogens with one attached hydrogen (secondary N) is 1. The minimum atomic E-state index is 0.439. The molecule has 1 aliphatic rings. The summed E-state index contributed by atoms with van der Waals surface area (Å²) in [6.45, 7) is 0.663. The molecule has 0 aliphatic heterocycles. The number of aryl methyl sites for hydroxylation is 1. The number of benzene rings is 2. The lowest BCUT2D eigenvalue weighted by atomic mass is 10.1. The van der Waals surface area contributed by atoms with Crippen LogP contribution in [0.3, 0.4) is 0 Å². The highest BCUT2D eigenvalue weighted by Gasteiger charge is 2.21. The van der Waals surface area contributed by atoms with Gasteiger partial charge < -0.3 is 10.1 Å². The molecule has 98 valence electrons. The van der Waals surface area contributed by atoms with Crippen molar-refractivity contribution in [3.63, 3.8) is 0 Å². The standard InChI is InChI=1S/C17H19NO/c1-19-12-13-5-4-7-15(11-13)18-17-10-9-14-6-2-3-8-16(14)17/h2-8,11,17-18H,9-10,12H2,1H3. The lowest BCUT2D eigenvalue weighted by Gasteiger charge is -2.16. The van der Waals surface area contributed by atoms with Gasteiger partial charge in [0.15, 0.2) is 0 Å². The van der Waals surface area contributed by atoms with Gasteiger partial charge in [-0.2, -0.15) is 0 Å². The van der Waals surface area contributed by atoms with E-state index >= 15 is 0 Å². The first kappa shape index (κ1) is 12.2. The zero-order valence-electron chi connectivity index (χ0n) is 11.2. The van der Waals surface area contributed by atoms with Crippen molar-refractivity contribution in [2.75, 3.05) is 12.4 Å². The van der Waals surface area contributed by atoms with E-state index in [1.54, 1.807) is 7.11 Å². The summed E-state index contributed by atoms with van der Waals surface area (Å²) in [5.74, 6) is 0. The summed E-state index contributed by atoms with van der Waals surface area (Å²) in [4.78, 5) is 0. The van der Waals surface area contributed by atoms with Crippen LogP contribution in [0.2, 0.25) is 0 Å². The topological polar surface area (TPSA) is 21.3 Å². The molecule has 0 amide bonds. The van der Waals surface area contributed by atoms with Crippen LogP contribution in [0, 0.1) is 0 Å². The van der Waals surface area contributed by atoms with E-state index in [4.69, 9.17) is 4.74 Å². The van der Waals surface area contributed by atoms with Crippen molar-refractivity contribution >= 4 is 5.69 Å². The molecule has 1 N–H and O–H groups in total. The minimum absolute atomic E-state index is 0.439. The van der Waals surface area contributed by atoms with E-state index < -0.39 is 0 Å². The van der Waals surface area contributed by atoms with Gasteiger partial charge in [-0.25, -0.2) is 0 Å². The van der Waals surface area contributed by atoms with Crippen molar-refractivity contribution in [1.29, 1.82) is 0 Å². The molecule has 2 nitrogen and oxygen atoms in total. The smallest absolute Gasteiger partial charge is 0.0713 e. The first-order chi connectivity index (χ1) is 9.36. The molecule has 0 heterocycles. The average molecular weight is 253 g/mol. The molecule has 0 saturated carbocycles. The van der Waals surface area contributed by atoms with Gasteiger partial charge in [0.05, 0.1) is 12.6 Å². The van der Waals surface area contributed by atoms with E-state index in [1.807, 2.05) is 0 Å². The molecule has 0 fully saturated rings. The maximum absolute atomic E-state index is 5.18. The van der Waals surface area contributed by atoms with E-state index in [-0.39, 0.29) is 0 Å². The van der Waals surface area contributed by atoms with Crippen molar-refractivity contribution in [3.8, 4) is 0 Å². The third kappa shape index (κ3) is 2.64. The Morgan fingerprint density at radius 1 is 1.16 bits per heavy atom. The van der Waals surface area contributed by atoms with Gasteiger partial charge in [-0.15, -0.1) is 0 Å². The highest BCUT2D eigenvalue weighted by Crippen LogP contribution is 2.33. The first-order valence-corrected chi connectivity index (χ1v) is 6.79. The van der Waals surface area contributed by atoms with Crippen LogP contribution < -0.4 is 5.32 Å². The van der Waals surface area contributed by atoms with Crippen molar-refractivity contribution in [2.24, 2.45) is 0 Å². The van der Waals surface area contributed by atoms with Crippen molar-refractivity contribution in [1.82, 2.24) is 0 Å². The molecule has 0 bridgehead atoms. The quantitative estimate of drug-likeness (QED) is 0.891. The van der Waals surface area contributed by atoms with E-state index in [1.165, 1.54) is 35.2 Å². The van der Waals surface area contributed by atoms with Gasteiger partial charge in [0.1, 0.15) is 0 Å². The van der Waals surface area contributed by atoms with Crippen LogP contribution in [0.15, 0.2) is 48.5 Å². The number of hydrogen-bond donors (Lipinski definition) is 1. The minimum Gasteiger partial charge on any atom is -0.380 e. The Morgan fingerprint density at radius 3 is 2.95 bits per heavy atom. The molecule has 2 aromatic carbocycles. The molecule has 3 rings (SSSR count). The summed E-state index contributed by atoms with van der Waals surface area (Å²) < 4.78 is 5.18. The number of fused-ring (bicyclic) bond motifs is 1. The number of ether oxygens (including phenoxy) is 1. The van der Waals surface area contributed by atoms with E-state index in [2.05, 4.69) is 53.8 Å². The molecule has 1 aliphatic carbocycles. The van der Waals surface area contributed by atoms with Crippen LogP contribution in [-0.2, 0) is 17.8 Å². The fourth-order valence-electron chi connectivity index (χ4n) is 2.83. The monoisotopic (exact) mass is 253 g/mol. The Morgan fingerprint density at radius 2 is 2.05 bits per heavy atom. The lowest BCUT2D eigenvalue weighted by molar-refractivity contribution is 0.185. The fraction of sp³-hybridized carbons (Fsp3) is 0.294. The maximum Gasteiger partial charge on any atom is 0.0713 e. The molecule has 2 aromatic rings. The summed E-state index contributed by atoms with van der Waals surface area (Å²) in [7, 11) is 1.73. The van der Waals surface area contributed by atoms with Gasteiger partial charge in [0.25, 0.3) is 0 Å². The number of hydrogen-bond acceptors (Lipinski definition) is 2. The van der Waals surface area contributed by atoms with Gasteiger partial charge in [0, 0.05) is 12.8 Å². The third-order valence-corrected chi connectivity index (χ3v) is 3.71. The van der Waals surface area contributed by atoms with Gasteiger partial charge in [0.2, 0.25) is 0 Å². The molecule has 1 unspecified atom stereocenters. The van der Waals surface area contributed by atoms with Crippen LogP contribution >= 0.6 is 0 Å². The second-order valence-corrected chi connectivity index (χ2v) is 5.07. The Balaban J connectivity index is 1.77. The summed E-state index contributed by atoms with van der Waals surface area (Å²) in [6.07, 6.45) is 2.35.